The number of nitrogens with zero attached hydrogens (tertiary/aromatic N) is 1. The third-order valence-electron chi connectivity index (χ3n) is 6.52. The lowest BCUT2D eigenvalue weighted by Gasteiger charge is -2.43. The highest BCUT2D eigenvalue weighted by molar-refractivity contribution is 5.63. The van der Waals surface area contributed by atoms with Gasteiger partial charge in [-0.15, -0.1) is 0 Å². The van der Waals surface area contributed by atoms with Gasteiger partial charge in [0.15, 0.2) is 0 Å². The standard InChI is InChI=1S/C26H35NO6/c1-15(2)17-7-5-16(6-8-17)12-27-14-26(3,4)33-20-10-9-18(11-19(20)27)25-24(31)23(30)22(29)21(13-28)32-25/h5-11,15,21-25,28-31H,12-14H2,1-4H3/t21-,22-,23+,24-,25+/m1/s1. The van der Waals surface area contributed by atoms with Crippen molar-refractivity contribution in [1.29, 1.82) is 0 Å². The Morgan fingerprint density at radius 1 is 1.00 bits per heavy atom. The Labute approximate surface area is 195 Å². The van der Waals surface area contributed by atoms with Crippen molar-refractivity contribution >= 4 is 5.69 Å². The molecule has 2 heterocycles. The van der Waals surface area contributed by atoms with Gasteiger partial charge in [0.1, 0.15) is 41.9 Å². The Bertz CT molecular complexity index is 958. The zero-order valence-electron chi connectivity index (χ0n) is 19.7. The third kappa shape index (κ3) is 4.88. The molecule has 0 spiro atoms. The largest absolute Gasteiger partial charge is 0.484 e. The summed E-state index contributed by atoms with van der Waals surface area (Å²) in [7, 11) is 0. The number of rotatable bonds is 5. The highest BCUT2D eigenvalue weighted by atomic mass is 16.5. The van der Waals surface area contributed by atoms with E-state index >= 15 is 0 Å². The molecule has 4 rings (SSSR count). The topological polar surface area (TPSA) is 103 Å². The molecule has 2 aliphatic heterocycles. The highest BCUT2D eigenvalue weighted by Crippen LogP contribution is 2.42. The summed E-state index contributed by atoms with van der Waals surface area (Å²) in [5.41, 5.74) is 3.62. The molecule has 0 aromatic heterocycles. The fourth-order valence-electron chi connectivity index (χ4n) is 4.67. The minimum atomic E-state index is -1.41. The van der Waals surface area contributed by atoms with Gasteiger partial charge in [0.2, 0.25) is 0 Å². The van der Waals surface area contributed by atoms with Gasteiger partial charge >= 0.3 is 0 Å². The van der Waals surface area contributed by atoms with Gasteiger partial charge in [-0.05, 0) is 48.6 Å². The van der Waals surface area contributed by atoms with Crippen molar-refractivity contribution in [1.82, 2.24) is 0 Å². The van der Waals surface area contributed by atoms with Crippen LogP contribution in [-0.2, 0) is 11.3 Å². The minimum absolute atomic E-state index is 0.379. The number of hydrogen-bond donors (Lipinski definition) is 4. The van der Waals surface area contributed by atoms with Gasteiger partial charge < -0.3 is 34.8 Å². The first-order valence-electron chi connectivity index (χ1n) is 11.6. The highest BCUT2D eigenvalue weighted by Gasteiger charge is 2.44. The fourth-order valence-corrected chi connectivity index (χ4v) is 4.67. The Morgan fingerprint density at radius 2 is 1.70 bits per heavy atom. The molecule has 4 N–H and O–H groups in total. The van der Waals surface area contributed by atoms with Crippen molar-refractivity contribution in [2.45, 2.75) is 76.3 Å². The van der Waals surface area contributed by atoms with Gasteiger partial charge in [-0.2, -0.15) is 0 Å². The van der Waals surface area contributed by atoms with Crippen molar-refractivity contribution in [3.63, 3.8) is 0 Å². The van der Waals surface area contributed by atoms with Crippen LogP contribution in [0.2, 0.25) is 0 Å². The van der Waals surface area contributed by atoms with Gasteiger partial charge in [0.25, 0.3) is 0 Å². The van der Waals surface area contributed by atoms with Crippen LogP contribution in [0.15, 0.2) is 42.5 Å². The van der Waals surface area contributed by atoms with Gasteiger partial charge in [-0.3, -0.25) is 0 Å². The van der Waals surface area contributed by atoms with Crippen LogP contribution in [-0.4, -0.2) is 63.6 Å². The van der Waals surface area contributed by atoms with Gasteiger partial charge in [-0.1, -0.05) is 44.2 Å². The van der Waals surface area contributed by atoms with Crippen molar-refractivity contribution in [3.05, 3.63) is 59.2 Å². The lowest BCUT2D eigenvalue weighted by Crippen LogP contribution is -2.55. The first-order valence-corrected chi connectivity index (χ1v) is 11.6. The second kappa shape index (κ2) is 9.24. The van der Waals surface area contributed by atoms with E-state index in [1.165, 1.54) is 11.1 Å². The Balaban J connectivity index is 1.65. The smallest absolute Gasteiger partial charge is 0.143 e. The van der Waals surface area contributed by atoms with E-state index in [-0.39, 0.29) is 5.60 Å². The van der Waals surface area contributed by atoms with Crippen molar-refractivity contribution in [2.75, 3.05) is 18.1 Å². The second-order valence-electron chi connectivity index (χ2n) is 10.1. The van der Waals surface area contributed by atoms with E-state index in [1.54, 1.807) is 6.07 Å². The van der Waals surface area contributed by atoms with Crippen LogP contribution in [0, 0.1) is 0 Å². The lowest BCUT2D eigenvalue weighted by molar-refractivity contribution is -0.231. The van der Waals surface area contributed by atoms with Crippen LogP contribution in [0.4, 0.5) is 5.69 Å². The number of ether oxygens (including phenoxy) is 2. The number of fused-ring (bicyclic) bond motifs is 1. The molecule has 5 atom stereocenters. The predicted octanol–water partition coefficient (Wildman–Crippen LogP) is 2.50. The van der Waals surface area contributed by atoms with E-state index in [0.29, 0.717) is 24.6 Å². The van der Waals surface area contributed by atoms with Crippen molar-refractivity contribution in [3.8, 4) is 5.75 Å². The molecule has 2 aromatic carbocycles. The molecule has 180 valence electrons. The molecule has 2 aliphatic rings. The monoisotopic (exact) mass is 457 g/mol. The van der Waals surface area contributed by atoms with E-state index in [4.69, 9.17) is 9.47 Å². The van der Waals surface area contributed by atoms with Crippen LogP contribution in [0.25, 0.3) is 0 Å². The molecule has 0 aliphatic carbocycles. The van der Waals surface area contributed by atoms with E-state index in [9.17, 15) is 20.4 Å². The summed E-state index contributed by atoms with van der Waals surface area (Å²) in [6, 6.07) is 14.2. The van der Waals surface area contributed by atoms with Crippen LogP contribution in [0.3, 0.4) is 0 Å². The average Bonchev–Trinajstić information content (AvgIpc) is 2.77. The predicted molar refractivity (Wildman–Crippen MR) is 125 cm³/mol. The zero-order valence-corrected chi connectivity index (χ0v) is 19.7. The molecule has 0 unspecified atom stereocenters. The zero-order chi connectivity index (χ0) is 23.9. The van der Waals surface area contributed by atoms with Gasteiger partial charge in [0, 0.05) is 6.54 Å². The quantitative estimate of drug-likeness (QED) is 0.547. The molecule has 0 bridgehead atoms. The van der Waals surface area contributed by atoms with Gasteiger partial charge in [-0.25, -0.2) is 0 Å². The van der Waals surface area contributed by atoms with E-state index < -0.39 is 37.1 Å². The minimum Gasteiger partial charge on any atom is -0.484 e. The molecule has 1 fully saturated rings. The number of benzene rings is 2. The summed E-state index contributed by atoms with van der Waals surface area (Å²) in [6.45, 7) is 9.36. The maximum absolute atomic E-state index is 10.6. The molecular weight excluding hydrogens is 422 g/mol. The maximum Gasteiger partial charge on any atom is 0.143 e. The number of hydrogen-bond acceptors (Lipinski definition) is 7. The molecule has 0 saturated carbocycles. The first kappa shape index (κ1) is 24.0. The van der Waals surface area contributed by atoms with Crippen LogP contribution < -0.4 is 9.64 Å². The molecule has 0 radical (unpaired) electrons. The number of aliphatic hydroxyl groups is 4. The molecule has 7 nitrogen and oxygen atoms in total. The molecule has 7 heteroatoms. The fraction of sp³-hybridized carbons (Fsp3) is 0.538. The Morgan fingerprint density at radius 3 is 2.33 bits per heavy atom. The Kier molecular flexibility index (Phi) is 6.71. The van der Waals surface area contributed by atoms with E-state index in [2.05, 4.69) is 56.9 Å². The molecular formula is C26H35NO6. The molecule has 1 saturated heterocycles. The molecule has 33 heavy (non-hydrogen) atoms. The summed E-state index contributed by atoms with van der Waals surface area (Å²) in [6.07, 6.45) is -5.95. The summed E-state index contributed by atoms with van der Waals surface area (Å²) < 4.78 is 12.0. The number of aliphatic hydroxyl groups excluding tert-OH is 4. The third-order valence-corrected chi connectivity index (χ3v) is 6.52. The summed E-state index contributed by atoms with van der Waals surface area (Å²) in [5, 5.41) is 40.4. The van der Waals surface area contributed by atoms with E-state index in [0.717, 1.165) is 11.4 Å². The average molecular weight is 458 g/mol. The second-order valence-corrected chi connectivity index (χ2v) is 10.1. The van der Waals surface area contributed by atoms with Crippen molar-refractivity contribution < 1.29 is 29.9 Å². The summed E-state index contributed by atoms with van der Waals surface area (Å²) >= 11 is 0. The maximum atomic E-state index is 10.6. The van der Waals surface area contributed by atoms with Crippen LogP contribution >= 0.6 is 0 Å². The summed E-state index contributed by atoms with van der Waals surface area (Å²) in [4.78, 5) is 2.25. The van der Waals surface area contributed by atoms with Gasteiger partial charge in [0.05, 0.1) is 18.8 Å². The molecule has 0 amide bonds. The van der Waals surface area contributed by atoms with E-state index in [1.807, 2.05) is 12.1 Å². The lowest BCUT2D eigenvalue weighted by atomic mass is 9.90. The Hall–Kier alpha value is -2.16. The van der Waals surface area contributed by atoms with Crippen LogP contribution in [0.1, 0.15) is 56.4 Å². The first-order chi connectivity index (χ1) is 15.6. The SMILES string of the molecule is CC(C)c1ccc(CN2CC(C)(C)Oc3ccc([C@@H]4O[C@H](CO)[C@@H](O)[C@H](O)[C@H]4O)cc32)cc1. The van der Waals surface area contributed by atoms with Crippen LogP contribution in [0.5, 0.6) is 5.75 Å². The molecule has 2 aromatic rings. The number of anilines is 1. The summed E-state index contributed by atoms with van der Waals surface area (Å²) in [5.74, 6) is 1.21. The van der Waals surface area contributed by atoms with Crippen molar-refractivity contribution in [2.24, 2.45) is 0 Å². The normalized spacial score (nSPS) is 29.0.